The highest BCUT2D eigenvalue weighted by Gasteiger charge is 2.34. The van der Waals surface area contributed by atoms with Crippen LogP contribution in [0.4, 0.5) is 5.69 Å². The summed E-state index contributed by atoms with van der Waals surface area (Å²) in [4.78, 5) is 22.2. The molecule has 2 N–H and O–H groups in total. The Kier molecular flexibility index (Phi) is 3.40. The highest BCUT2D eigenvalue weighted by Crippen LogP contribution is 2.27. The van der Waals surface area contributed by atoms with E-state index >= 15 is 0 Å². The summed E-state index contributed by atoms with van der Waals surface area (Å²) in [6.07, 6.45) is 4.31. The molecule has 0 aliphatic carbocycles. The molecular weight excluding hydrogens is 258 g/mol. The Morgan fingerprint density at radius 3 is 2.35 bits per heavy atom. The molecule has 2 fully saturated rings. The normalized spacial score (nSPS) is 28.1. The van der Waals surface area contributed by atoms with Crippen LogP contribution in [-0.4, -0.2) is 29.0 Å². The monoisotopic (exact) mass is 275 g/mol. The van der Waals surface area contributed by atoms with E-state index in [1.165, 1.54) is 37.1 Å². The second-order valence-electron chi connectivity index (χ2n) is 5.58. The molecule has 6 heteroatoms. The van der Waals surface area contributed by atoms with Crippen molar-refractivity contribution in [3.8, 4) is 0 Å². The third kappa shape index (κ3) is 2.65. The van der Waals surface area contributed by atoms with Crippen molar-refractivity contribution in [3.63, 3.8) is 0 Å². The van der Waals surface area contributed by atoms with Gasteiger partial charge in [-0.1, -0.05) is 0 Å². The fourth-order valence-electron chi connectivity index (χ4n) is 3.18. The molecule has 1 aromatic rings. The van der Waals surface area contributed by atoms with Crippen molar-refractivity contribution in [1.29, 1.82) is 0 Å². The fraction of sp³-hybridized carbons (Fsp3) is 0.500. The average Bonchev–Trinajstić information content (AvgIpc) is 2.78. The highest BCUT2D eigenvalue weighted by molar-refractivity contribution is 5.94. The standard InChI is InChI=1S/C14H17N3O3/c18-14(9-1-5-13(6-2-9)17(19)20)16-12-7-10-3-4-11(8-12)15-10/h1-2,5-6,10-12,15H,3-4,7-8H2,(H,16,18). The number of carbonyl (C=O) groups is 1. The number of nitro benzene ring substituents is 1. The number of piperidine rings is 1. The first-order valence-corrected chi connectivity index (χ1v) is 6.93. The van der Waals surface area contributed by atoms with Crippen molar-refractivity contribution in [2.75, 3.05) is 0 Å². The third-order valence-electron chi connectivity index (χ3n) is 4.15. The number of nitrogens with zero attached hydrogens (tertiary/aromatic N) is 1. The zero-order chi connectivity index (χ0) is 14.1. The molecule has 2 saturated heterocycles. The predicted octanol–water partition coefficient (Wildman–Crippen LogP) is 1.61. The lowest BCUT2D eigenvalue weighted by atomic mass is 9.99. The number of fused-ring (bicyclic) bond motifs is 2. The Bertz CT molecular complexity index is 517. The lowest BCUT2D eigenvalue weighted by molar-refractivity contribution is -0.384. The molecule has 0 spiro atoms. The van der Waals surface area contributed by atoms with Crippen molar-refractivity contribution in [2.45, 2.75) is 43.8 Å². The van der Waals surface area contributed by atoms with Gasteiger partial charge < -0.3 is 10.6 Å². The van der Waals surface area contributed by atoms with Crippen LogP contribution in [0.25, 0.3) is 0 Å². The summed E-state index contributed by atoms with van der Waals surface area (Å²) in [6.45, 7) is 0. The summed E-state index contributed by atoms with van der Waals surface area (Å²) >= 11 is 0. The first-order chi connectivity index (χ1) is 9.61. The van der Waals surface area contributed by atoms with Crippen molar-refractivity contribution in [3.05, 3.63) is 39.9 Å². The number of non-ortho nitro benzene ring substituents is 1. The summed E-state index contributed by atoms with van der Waals surface area (Å²) < 4.78 is 0. The van der Waals surface area contributed by atoms with Crippen LogP contribution in [0.5, 0.6) is 0 Å². The van der Waals surface area contributed by atoms with E-state index in [4.69, 9.17) is 0 Å². The van der Waals surface area contributed by atoms with Gasteiger partial charge in [0.05, 0.1) is 4.92 Å². The van der Waals surface area contributed by atoms with Gasteiger partial charge in [-0.3, -0.25) is 14.9 Å². The van der Waals surface area contributed by atoms with Crippen LogP contribution in [0.1, 0.15) is 36.0 Å². The number of rotatable bonds is 3. The van der Waals surface area contributed by atoms with Gasteiger partial charge in [0, 0.05) is 35.8 Å². The quantitative estimate of drug-likeness (QED) is 0.648. The van der Waals surface area contributed by atoms with E-state index in [0.29, 0.717) is 17.6 Å². The summed E-state index contributed by atoms with van der Waals surface area (Å²) in [7, 11) is 0. The molecule has 1 amide bonds. The second kappa shape index (κ2) is 5.20. The highest BCUT2D eigenvalue weighted by atomic mass is 16.6. The number of hydrogen-bond acceptors (Lipinski definition) is 4. The molecule has 2 aliphatic rings. The SMILES string of the molecule is O=C(NC1CC2CCC(C1)N2)c1ccc([N+](=O)[O-])cc1. The molecule has 2 unspecified atom stereocenters. The van der Waals surface area contributed by atoms with Gasteiger partial charge in [0.25, 0.3) is 11.6 Å². The molecule has 2 aliphatic heterocycles. The van der Waals surface area contributed by atoms with Crippen LogP contribution in [0.15, 0.2) is 24.3 Å². The van der Waals surface area contributed by atoms with E-state index in [1.54, 1.807) is 0 Å². The van der Waals surface area contributed by atoms with Gasteiger partial charge in [-0.05, 0) is 37.8 Å². The zero-order valence-corrected chi connectivity index (χ0v) is 11.0. The Hall–Kier alpha value is -1.95. The van der Waals surface area contributed by atoms with Gasteiger partial charge >= 0.3 is 0 Å². The van der Waals surface area contributed by atoms with E-state index in [0.717, 1.165) is 12.8 Å². The van der Waals surface area contributed by atoms with Gasteiger partial charge in [0.2, 0.25) is 0 Å². The second-order valence-corrected chi connectivity index (χ2v) is 5.58. The molecule has 20 heavy (non-hydrogen) atoms. The number of nitro groups is 1. The molecular formula is C14H17N3O3. The molecule has 1 aromatic carbocycles. The van der Waals surface area contributed by atoms with Crippen LogP contribution in [0, 0.1) is 10.1 Å². The third-order valence-corrected chi connectivity index (χ3v) is 4.15. The maximum atomic E-state index is 12.1. The molecule has 3 rings (SSSR count). The van der Waals surface area contributed by atoms with E-state index < -0.39 is 4.92 Å². The zero-order valence-electron chi connectivity index (χ0n) is 11.0. The van der Waals surface area contributed by atoms with Crippen LogP contribution in [-0.2, 0) is 0 Å². The van der Waals surface area contributed by atoms with E-state index in [2.05, 4.69) is 10.6 Å². The number of carbonyl (C=O) groups excluding carboxylic acids is 1. The van der Waals surface area contributed by atoms with Gasteiger partial charge in [0.15, 0.2) is 0 Å². The van der Waals surface area contributed by atoms with Crippen LogP contribution < -0.4 is 10.6 Å². The predicted molar refractivity (Wildman–Crippen MR) is 73.5 cm³/mol. The smallest absolute Gasteiger partial charge is 0.269 e. The van der Waals surface area contributed by atoms with E-state index in [9.17, 15) is 14.9 Å². The van der Waals surface area contributed by atoms with Crippen molar-refractivity contribution < 1.29 is 9.72 Å². The van der Waals surface area contributed by atoms with E-state index in [1.807, 2.05) is 0 Å². The maximum absolute atomic E-state index is 12.1. The molecule has 106 valence electrons. The molecule has 2 heterocycles. The molecule has 0 radical (unpaired) electrons. The Morgan fingerprint density at radius 1 is 1.20 bits per heavy atom. The van der Waals surface area contributed by atoms with E-state index in [-0.39, 0.29) is 17.6 Å². The lowest BCUT2D eigenvalue weighted by Gasteiger charge is -2.29. The summed E-state index contributed by atoms with van der Waals surface area (Å²) in [5.74, 6) is -0.147. The number of hydrogen-bond donors (Lipinski definition) is 2. The molecule has 6 nitrogen and oxygen atoms in total. The minimum Gasteiger partial charge on any atom is -0.349 e. The minimum absolute atomic E-state index is 0.00135. The van der Waals surface area contributed by atoms with Gasteiger partial charge in [-0.2, -0.15) is 0 Å². The Labute approximate surface area is 116 Å². The van der Waals surface area contributed by atoms with Gasteiger partial charge in [0.1, 0.15) is 0 Å². The van der Waals surface area contributed by atoms with Crippen molar-refractivity contribution in [1.82, 2.24) is 10.6 Å². The molecule has 2 atom stereocenters. The lowest BCUT2D eigenvalue weighted by Crippen LogP contribution is -2.48. The summed E-state index contributed by atoms with van der Waals surface area (Å²) in [6, 6.07) is 6.98. The first-order valence-electron chi connectivity index (χ1n) is 6.93. The summed E-state index contributed by atoms with van der Waals surface area (Å²) in [5, 5.41) is 17.1. The molecule has 0 aromatic heterocycles. The largest absolute Gasteiger partial charge is 0.349 e. The number of amides is 1. The van der Waals surface area contributed by atoms with Crippen LogP contribution in [0.3, 0.4) is 0 Å². The number of nitrogens with one attached hydrogen (secondary N) is 2. The van der Waals surface area contributed by atoms with Crippen molar-refractivity contribution >= 4 is 11.6 Å². The van der Waals surface area contributed by atoms with Gasteiger partial charge in [-0.25, -0.2) is 0 Å². The molecule has 2 bridgehead atoms. The average molecular weight is 275 g/mol. The Balaban J connectivity index is 1.62. The summed E-state index contributed by atoms with van der Waals surface area (Å²) in [5.41, 5.74) is 0.475. The first kappa shape index (κ1) is 13.1. The van der Waals surface area contributed by atoms with Crippen molar-refractivity contribution in [2.24, 2.45) is 0 Å². The topological polar surface area (TPSA) is 84.3 Å². The number of benzene rings is 1. The molecule has 0 saturated carbocycles. The maximum Gasteiger partial charge on any atom is 0.269 e. The fourth-order valence-corrected chi connectivity index (χ4v) is 3.18. The van der Waals surface area contributed by atoms with Gasteiger partial charge in [-0.15, -0.1) is 0 Å². The Morgan fingerprint density at radius 2 is 1.80 bits per heavy atom. The van der Waals surface area contributed by atoms with Crippen LogP contribution in [0.2, 0.25) is 0 Å². The minimum atomic E-state index is -0.466. The van der Waals surface area contributed by atoms with Crippen LogP contribution >= 0.6 is 0 Å².